The molecule has 2 aliphatic heterocycles. The Morgan fingerprint density at radius 2 is 2.00 bits per heavy atom. The molecule has 0 N–H and O–H groups in total. The van der Waals surface area contributed by atoms with Gasteiger partial charge in [-0.3, -0.25) is 4.79 Å². The van der Waals surface area contributed by atoms with Crippen LogP contribution < -0.4 is 4.90 Å². The summed E-state index contributed by atoms with van der Waals surface area (Å²) >= 11 is 0. The highest BCUT2D eigenvalue weighted by molar-refractivity contribution is 5.82. The Kier molecular flexibility index (Phi) is 6.51. The number of rotatable bonds is 6. The highest BCUT2D eigenvalue weighted by Gasteiger charge is 2.42. The van der Waals surface area contributed by atoms with E-state index in [0.29, 0.717) is 44.0 Å². The van der Waals surface area contributed by atoms with Crippen LogP contribution in [0.2, 0.25) is 0 Å². The lowest BCUT2D eigenvalue weighted by molar-refractivity contribution is -0.132. The van der Waals surface area contributed by atoms with E-state index >= 15 is 0 Å². The van der Waals surface area contributed by atoms with Gasteiger partial charge in [0.05, 0.1) is 18.4 Å². The molecule has 29 heavy (non-hydrogen) atoms. The lowest BCUT2D eigenvalue weighted by atomic mass is 10.00. The van der Waals surface area contributed by atoms with Crippen LogP contribution >= 0.6 is 0 Å². The molecule has 2 saturated heterocycles. The minimum absolute atomic E-state index is 0.0574. The van der Waals surface area contributed by atoms with E-state index in [9.17, 15) is 18.0 Å². The molecule has 2 aliphatic rings. The molecule has 1 amide bonds. The first-order valence-electron chi connectivity index (χ1n) is 9.44. The number of amides is 1. The number of anilines is 1. The molecule has 2 atom stereocenters. The Balaban J connectivity index is 1.58. The van der Waals surface area contributed by atoms with E-state index in [1.807, 2.05) is 15.9 Å². The van der Waals surface area contributed by atoms with Gasteiger partial charge in [-0.05, 0) is 37.5 Å². The van der Waals surface area contributed by atoms with Crippen molar-refractivity contribution in [1.29, 1.82) is 0 Å². The summed E-state index contributed by atoms with van der Waals surface area (Å²) in [6.07, 6.45) is 8.90. The number of fused-ring (bicyclic) bond motifs is 1. The molecule has 5 nitrogen and oxygen atoms in total. The first-order valence-corrected chi connectivity index (χ1v) is 9.44. The third-order valence-corrected chi connectivity index (χ3v) is 5.12. The second-order valence-electron chi connectivity index (χ2n) is 7.19. The zero-order chi connectivity index (χ0) is 21.0. The maximum atomic E-state index is 13.5. The quantitative estimate of drug-likeness (QED) is 0.675. The van der Waals surface area contributed by atoms with Gasteiger partial charge in [-0.15, -0.1) is 0 Å². The fraction of sp³-hybridized carbons (Fsp3) is 0.381. The minimum atomic E-state index is -1.00. The molecule has 2 fully saturated rings. The van der Waals surface area contributed by atoms with Crippen molar-refractivity contribution in [3.8, 4) is 0 Å². The lowest BCUT2D eigenvalue weighted by Gasteiger charge is -2.37. The summed E-state index contributed by atoms with van der Waals surface area (Å²) in [5.74, 6) is -2.05. The zero-order valence-corrected chi connectivity index (χ0v) is 16.2. The van der Waals surface area contributed by atoms with Crippen LogP contribution in [0.1, 0.15) is 19.8 Å². The number of halogens is 3. The van der Waals surface area contributed by atoms with Crippen LogP contribution in [0.25, 0.3) is 0 Å². The normalized spacial score (nSPS) is 23.4. The molecular weight excluding hydrogens is 381 g/mol. The van der Waals surface area contributed by atoms with Gasteiger partial charge in [-0.1, -0.05) is 18.7 Å². The summed E-state index contributed by atoms with van der Waals surface area (Å²) in [6.45, 7) is 6.62. The molecular formula is C21H23F3N4O. The highest BCUT2D eigenvalue weighted by Crippen LogP contribution is 2.31. The number of nitrogens with zero attached hydrogens (tertiary/aromatic N) is 4. The maximum absolute atomic E-state index is 13.5. The number of hydrogen-bond donors (Lipinski definition) is 0. The van der Waals surface area contributed by atoms with E-state index in [1.165, 1.54) is 0 Å². The van der Waals surface area contributed by atoms with Crippen LogP contribution in [0.3, 0.4) is 0 Å². The smallest absolute Gasteiger partial charge is 0.226 e. The average Bonchev–Trinajstić information content (AvgIpc) is 3.02. The van der Waals surface area contributed by atoms with Crippen molar-refractivity contribution in [1.82, 2.24) is 14.9 Å². The van der Waals surface area contributed by atoms with E-state index in [2.05, 4.69) is 16.5 Å². The van der Waals surface area contributed by atoms with Crippen LogP contribution in [0.15, 0.2) is 60.5 Å². The van der Waals surface area contributed by atoms with E-state index in [4.69, 9.17) is 0 Å². The molecule has 0 spiro atoms. The van der Waals surface area contributed by atoms with Gasteiger partial charge in [-0.25, -0.2) is 23.1 Å². The van der Waals surface area contributed by atoms with Crippen molar-refractivity contribution in [3.63, 3.8) is 0 Å². The molecule has 0 aliphatic carbocycles. The Hall–Kier alpha value is -2.90. The summed E-state index contributed by atoms with van der Waals surface area (Å²) in [6, 6.07) is 0.0574. The zero-order valence-electron chi connectivity index (χ0n) is 16.2. The Morgan fingerprint density at radius 1 is 1.28 bits per heavy atom. The van der Waals surface area contributed by atoms with E-state index in [0.717, 1.165) is 24.5 Å². The molecule has 0 bridgehead atoms. The number of carbonyl (C=O) groups excluding carboxylic acids is 1. The fourth-order valence-corrected chi connectivity index (χ4v) is 3.69. The van der Waals surface area contributed by atoms with Crippen molar-refractivity contribution >= 4 is 11.9 Å². The first-order chi connectivity index (χ1) is 13.9. The molecule has 0 radical (unpaired) electrons. The van der Waals surface area contributed by atoms with Gasteiger partial charge < -0.3 is 9.80 Å². The molecule has 0 aromatic carbocycles. The summed E-state index contributed by atoms with van der Waals surface area (Å²) in [4.78, 5) is 24.5. The molecule has 8 heteroatoms. The van der Waals surface area contributed by atoms with Gasteiger partial charge in [0.2, 0.25) is 11.9 Å². The minimum Gasteiger partial charge on any atom is -0.337 e. The average molecular weight is 404 g/mol. The SMILES string of the molecule is C=C\C(F)=C(F)/C=C(C)/C=C/C[C@H]1C[C@H]2CN(c3ncc(F)cn3)CCN2C1=O. The van der Waals surface area contributed by atoms with Crippen LogP contribution in [0.5, 0.6) is 0 Å². The predicted molar refractivity (Wildman–Crippen MR) is 105 cm³/mol. The summed E-state index contributed by atoms with van der Waals surface area (Å²) in [7, 11) is 0. The molecule has 0 unspecified atom stereocenters. The van der Waals surface area contributed by atoms with Crippen molar-refractivity contribution in [3.05, 3.63) is 66.3 Å². The highest BCUT2D eigenvalue weighted by atomic mass is 19.2. The van der Waals surface area contributed by atoms with Gasteiger partial charge in [0.15, 0.2) is 17.5 Å². The molecule has 1 aromatic rings. The van der Waals surface area contributed by atoms with Gasteiger partial charge in [0.1, 0.15) is 0 Å². The molecule has 3 rings (SSSR count). The third-order valence-electron chi connectivity index (χ3n) is 5.12. The van der Waals surface area contributed by atoms with Crippen LogP contribution in [-0.2, 0) is 4.79 Å². The number of carbonyl (C=O) groups is 1. The van der Waals surface area contributed by atoms with Crippen LogP contribution in [0, 0.1) is 11.7 Å². The maximum Gasteiger partial charge on any atom is 0.226 e. The molecule has 3 heterocycles. The molecule has 0 saturated carbocycles. The molecule has 1 aromatic heterocycles. The summed E-state index contributed by atoms with van der Waals surface area (Å²) in [5, 5.41) is 0. The predicted octanol–water partition coefficient (Wildman–Crippen LogP) is 3.88. The van der Waals surface area contributed by atoms with Gasteiger partial charge in [0, 0.05) is 25.6 Å². The van der Waals surface area contributed by atoms with Crippen molar-refractivity contribution in [2.75, 3.05) is 24.5 Å². The van der Waals surface area contributed by atoms with Gasteiger partial charge in [0.25, 0.3) is 0 Å². The van der Waals surface area contributed by atoms with Crippen molar-refractivity contribution < 1.29 is 18.0 Å². The number of piperazine rings is 1. The van der Waals surface area contributed by atoms with Crippen molar-refractivity contribution in [2.45, 2.75) is 25.8 Å². The lowest BCUT2D eigenvalue weighted by Crippen LogP contribution is -2.52. The largest absolute Gasteiger partial charge is 0.337 e. The third kappa shape index (κ3) is 4.93. The fourth-order valence-electron chi connectivity index (χ4n) is 3.69. The first kappa shape index (κ1) is 20.8. The second kappa shape index (κ2) is 9.07. The van der Waals surface area contributed by atoms with Gasteiger partial charge >= 0.3 is 0 Å². The topological polar surface area (TPSA) is 49.3 Å². The summed E-state index contributed by atoms with van der Waals surface area (Å²) < 4.78 is 39.6. The Bertz CT molecular complexity index is 863. The number of aromatic nitrogens is 2. The Morgan fingerprint density at radius 3 is 2.69 bits per heavy atom. The summed E-state index contributed by atoms with van der Waals surface area (Å²) in [5.41, 5.74) is 0.544. The standard InChI is InChI=1S/C21H23F3N4O/c1-3-18(23)19(24)9-14(2)5-4-6-15-10-17-13-27(7-8-28(17)20(15)29)21-25-11-16(22)12-26-21/h3-5,9,11-12,15,17H,1,6-8,10,13H2,2H3/b5-4+,14-9+,19-18-/t15-,17-/m0/s1. The van der Waals surface area contributed by atoms with E-state index in [1.54, 1.807) is 13.0 Å². The molecule has 154 valence electrons. The van der Waals surface area contributed by atoms with E-state index in [-0.39, 0.29) is 17.9 Å². The Labute approximate surface area is 167 Å². The van der Waals surface area contributed by atoms with Crippen molar-refractivity contribution in [2.24, 2.45) is 5.92 Å². The second-order valence-corrected chi connectivity index (χ2v) is 7.19. The van der Waals surface area contributed by atoms with Gasteiger partial charge in [-0.2, -0.15) is 0 Å². The monoisotopic (exact) mass is 404 g/mol. The number of allylic oxidation sites excluding steroid dienone is 7. The number of hydrogen-bond acceptors (Lipinski definition) is 4. The van der Waals surface area contributed by atoms with Crippen LogP contribution in [-0.4, -0.2) is 46.5 Å². The van der Waals surface area contributed by atoms with E-state index < -0.39 is 17.5 Å². The van der Waals surface area contributed by atoms with Crippen LogP contribution in [0.4, 0.5) is 19.1 Å².